The molecule has 0 amide bonds. The van der Waals surface area contributed by atoms with Gasteiger partial charge in [0.25, 0.3) is 0 Å². The van der Waals surface area contributed by atoms with Crippen LogP contribution in [-0.4, -0.2) is 29.3 Å². The monoisotopic (exact) mass is 602 g/mol. The van der Waals surface area contributed by atoms with Crippen LogP contribution >= 0.6 is 0 Å². The molecule has 0 unspecified atom stereocenters. The Morgan fingerprint density at radius 3 is 1.57 bits per heavy atom. The van der Waals surface area contributed by atoms with E-state index < -0.39 is 0 Å². The van der Waals surface area contributed by atoms with Gasteiger partial charge in [0.15, 0.2) is 23.1 Å². The fraction of sp³-hybridized carbons (Fsp3) is 0. The fourth-order valence-electron chi connectivity index (χ4n) is 6.15. The molecule has 0 aliphatic heterocycles. The second-order valence-corrected chi connectivity index (χ2v) is 11.4. The maximum atomic E-state index is 5.19. The quantitative estimate of drug-likeness (QED) is 0.196. The molecule has 6 nitrogen and oxygen atoms in total. The normalized spacial score (nSPS) is 11.4. The largest absolute Gasteiger partial charge is 0.284 e. The molecule has 220 valence electrons. The van der Waals surface area contributed by atoms with Gasteiger partial charge in [0, 0.05) is 39.2 Å². The van der Waals surface area contributed by atoms with E-state index in [1.165, 1.54) is 0 Å². The zero-order valence-corrected chi connectivity index (χ0v) is 25.2. The smallest absolute Gasteiger partial charge is 0.165 e. The molecule has 9 aromatic rings. The van der Waals surface area contributed by atoms with E-state index in [-0.39, 0.29) is 0 Å². The molecule has 0 atom stereocenters. The van der Waals surface area contributed by atoms with Crippen LogP contribution in [0, 0.1) is 0 Å². The van der Waals surface area contributed by atoms with Gasteiger partial charge >= 0.3 is 0 Å². The van der Waals surface area contributed by atoms with Gasteiger partial charge in [-0.2, -0.15) is 0 Å². The van der Waals surface area contributed by atoms with E-state index in [0.717, 1.165) is 66.7 Å². The first kappa shape index (κ1) is 26.8. The van der Waals surface area contributed by atoms with Crippen LogP contribution in [0.5, 0.6) is 0 Å². The van der Waals surface area contributed by atoms with Crippen LogP contribution in [0.1, 0.15) is 0 Å². The number of hydrogen-bond acceptors (Lipinski definition) is 5. The van der Waals surface area contributed by atoms with Crippen molar-refractivity contribution < 1.29 is 0 Å². The topological polar surface area (TPSA) is 68.9 Å². The summed E-state index contributed by atoms with van der Waals surface area (Å²) in [6.07, 6.45) is 2.02. The molecule has 0 spiro atoms. The third kappa shape index (κ3) is 4.80. The Kier molecular flexibility index (Phi) is 6.35. The predicted octanol–water partition coefficient (Wildman–Crippen LogP) is 9.56. The lowest BCUT2D eigenvalue weighted by Gasteiger charge is -2.11. The van der Waals surface area contributed by atoms with Crippen molar-refractivity contribution in [3.05, 3.63) is 158 Å². The van der Waals surface area contributed by atoms with Crippen LogP contribution in [0.3, 0.4) is 0 Å². The average molecular weight is 603 g/mol. The number of nitrogens with zero attached hydrogens (tertiary/aromatic N) is 6. The molecule has 5 aromatic carbocycles. The Morgan fingerprint density at radius 2 is 0.894 bits per heavy atom. The summed E-state index contributed by atoms with van der Waals surface area (Å²) in [5.74, 6) is 1.93. The number of rotatable bonds is 5. The summed E-state index contributed by atoms with van der Waals surface area (Å²) in [5.41, 5.74) is 9.65. The van der Waals surface area contributed by atoms with Crippen LogP contribution in [-0.2, 0) is 0 Å². The van der Waals surface area contributed by atoms with Crippen molar-refractivity contribution in [2.75, 3.05) is 0 Å². The molecule has 4 heterocycles. The van der Waals surface area contributed by atoms with E-state index in [0.29, 0.717) is 17.5 Å². The molecular weight excluding hydrogens is 576 g/mol. The van der Waals surface area contributed by atoms with E-state index >= 15 is 0 Å². The lowest BCUT2D eigenvalue weighted by atomic mass is 9.98. The number of fused-ring (bicyclic) bond motifs is 5. The van der Waals surface area contributed by atoms with Crippen LogP contribution < -0.4 is 0 Å². The minimum Gasteiger partial charge on any atom is -0.284 e. The molecule has 47 heavy (non-hydrogen) atoms. The molecule has 9 rings (SSSR count). The molecule has 0 aliphatic carbocycles. The van der Waals surface area contributed by atoms with Gasteiger partial charge in [0.05, 0.1) is 5.69 Å². The molecule has 0 aliphatic rings. The molecule has 0 N–H and O–H groups in total. The van der Waals surface area contributed by atoms with Crippen LogP contribution in [0.15, 0.2) is 158 Å². The van der Waals surface area contributed by atoms with Crippen LogP contribution in [0.4, 0.5) is 0 Å². The van der Waals surface area contributed by atoms with E-state index in [4.69, 9.17) is 24.9 Å². The summed E-state index contributed by atoms with van der Waals surface area (Å²) in [6.45, 7) is 0. The highest BCUT2D eigenvalue weighted by molar-refractivity contribution is 6.09. The Balaban J connectivity index is 1.12. The standard InChI is InChI=1S/C41H26N6/c1-3-12-28(13-4-1)38-44-39(29-14-5-2-6-15-29)46-40(45-38)30-23-21-27(22-24-30)31-16-11-17-32(26-31)36-33-18-7-8-19-34(33)37-41(43-36)47-25-10-9-20-35(47)42-37/h1-26H. The Morgan fingerprint density at radius 1 is 0.362 bits per heavy atom. The van der Waals surface area contributed by atoms with Gasteiger partial charge in [-0.05, 0) is 29.3 Å². The SMILES string of the molecule is c1ccc(-c2nc(-c3ccccc3)nc(-c3ccc(-c4cccc(-c5nc6c(nc7ccccn76)c6ccccc56)c4)cc3)n2)cc1. The predicted molar refractivity (Wildman–Crippen MR) is 189 cm³/mol. The first-order chi connectivity index (χ1) is 23.3. The van der Waals surface area contributed by atoms with E-state index in [1.54, 1.807) is 0 Å². The molecule has 0 saturated carbocycles. The molecule has 4 aromatic heterocycles. The van der Waals surface area contributed by atoms with Crippen molar-refractivity contribution in [2.45, 2.75) is 0 Å². The van der Waals surface area contributed by atoms with Crippen molar-refractivity contribution in [2.24, 2.45) is 0 Å². The minimum absolute atomic E-state index is 0.634. The van der Waals surface area contributed by atoms with Gasteiger partial charge in [0.2, 0.25) is 0 Å². The molecule has 0 radical (unpaired) electrons. The Hall–Kier alpha value is -6.53. The number of pyridine rings is 2. The fourth-order valence-corrected chi connectivity index (χ4v) is 6.15. The molecule has 0 bridgehead atoms. The summed E-state index contributed by atoms with van der Waals surface area (Å²) >= 11 is 0. The molecule has 0 fully saturated rings. The van der Waals surface area contributed by atoms with Crippen molar-refractivity contribution in [1.82, 2.24) is 29.3 Å². The Labute approximate surface area is 270 Å². The summed E-state index contributed by atoms with van der Waals surface area (Å²) in [5, 5.41) is 2.17. The molecule has 0 saturated heterocycles. The zero-order chi connectivity index (χ0) is 31.2. The van der Waals surface area contributed by atoms with Gasteiger partial charge in [-0.3, -0.25) is 4.40 Å². The van der Waals surface area contributed by atoms with Gasteiger partial charge < -0.3 is 0 Å². The van der Waals surface area contributed by atoms with Gasteiger partial charge in [-0.1, -0.05) is 133 Å². The number of benzene rings is 5. The maximum absolute atomic E-state index is 5.19. The second-order valence-electron chi connectivity index (χ2n) is 11.4. The molecule has 6 heteroatoms. The summed E-state index contributed by atoms with van der Waals surface area (Å²) in [4.78, 5) is 24.7. The highest BCUT2D eigenvalue weighted by atomic mass is 15.1. The highest BCUT2D eigenvalue weighted by Gasteiger charge is 2.16. The van der Waals surface area contributed by atoms with Crippen molar-refractivity contribution in [1.29, 1.82) is 0 Å². The third-order valence-electron chi connectivity index (χ3n) is 8.47. The minimum atomic E-state index is 0.634. The molecular formula is C41H26N6. The maximum Gasteiger partial charge on any atom is 0.165 e. The number of hydrogen-bond donors (Lipinski definition) is 0. The summed E-state index contributed by atoms with van der Waals surface area (Å²) < 4.78 is 2.06. The summed E-state index contributed by atoms with van der Waals surface area (Å²) in [6, 6.07) is 51.5. The van der Waals surface area contributed by atoms with Crippen molar-refractivity contribution in [3.8, 4) is 56.5 Å². The first-order valence-electron chi connectivity index (χ1n) is 15.5. The average Bonchev–Trinajstić information content (AvgIpc) is 3.54. The van der Waals surface area contributed by atoms with Crippen LogP contribution in [0.25, 0.3) is 84.1 Å². The van der Waals surface area contributed by atoms with E-state index in [9.17, 15) is 0 Å². The Bertz CT molecular complexity index is 2500. The van der Waals surface area contributed by atoms with Gasteiger partial charge in [0.1, 0.15) is 11.2 Å². The zero-order valence-electron chi connectivity index (χ0n) is 25.2. The third-order valence-corrected chi connectivity index (χ3v) is 8.47. The summed E-state index contributed by atoms with van der Waals surface area (Å²) in [7, 11) is 0. The van der Waals surface area contributed by atoms with Gasteiger partial charge in [-0.25, -0.2) is 24.9 Å². The highest BCUT2D eigenvalue weighted by Crippen LogP contribution is 2.35. The lowest BCUT2D eigenvalue weighted by molar-refractivity contribution is 1.07. The number of imidazole rings is 1. The number of aromatic nitrogens is 6. The van der Waals surface area contributed by atoms with E-state index in [2.05, 4.69) is 77.2 Å². The lowest BCUT2D eigenvalue weighted by Crippen LogP contribution is -2.00. The van der Waals surface area contributed by atoms with Crippen LogP contribution in [0.2, 0.25) is 0 Å². The first-order valence-corrected chi connectivity index (χ1v) is 15.5. The second kappa shape index (κ2) is 11.1. The van der Waals surface area contributed by atoms with E-state index in [1.807, 2.05) is 85.1 Å². The van der Waals surface area contributed by atoms with Crippen molar-refractivity contribution >= 4 is 27.6 Å². The van der Waals surface area contributed by atoms with Crippen molar-refractivity contribution in [3.63, 3.8) is 0 Å². The van der Waals surface area contributed by atoms with Gasteiger partial charge in [-0.15, -0.1) is 0 Å².